The highest BCUT2D eigenvalue weighted by molar-refractivity contribution is 6.72. The van der Waals surface area contributed by atoms with Gasteiger partial charge >= 0.3 is 0 Å². The molecule has 3 amide bonds. The monoisotopic (exact) mass is 789 g/mol. The Morgan fingerprint density at radius 2 is 1.74 bits per heavy atom. The maximum Gasteiger partial charge on any atom is 0.269 e. The average molecular weight is 790 g/mol. The minimum absolute atomic E-state index is 0.0165. The molecule has 57 heavy (non-hydrogen) atoms. The predicted molar refractivity (Wildman–Crippen MR) is 215 cm³/mol. The number of non-ortho nitro benzene ring substituents is 1. The SMILES string of the molecule is C[C@H]1[C@H]([Si](C)(C)F)[C@@H](CC(=O)N2Cc3ccccc3C[C@H]2CO)O[C@]12C(=O)N(Cc1cccc(N3N=C(c4ccccc4)CCC3=O)c1)c1ccc([N+](=O)[O-])cc12. The normalized spacial score (nSPS) is 24.4. The van der Waals surface area contributed by atoms with Gasteiger partial charge in [-0.2, -0.15) is 5.10 Å². The summed E-state index contributed by atoms with van der Waals surface area (Å²) in [6.45, 7) is 4.85. The third kappa shape index (κ3) is 6.74. The number of halogens is 1. The first-order valence-electron chi connectivity index (χ1n) is 19.3. The van der Waals surface area contributed by atoms with Crippen molar-refractivity contribution in [2.24, 2.45) is 11.0 Å². The van der Waals surface area contributed by atoms with Crippen LogP contribution in [0, 0.1) is 16.0 Å². The van der Waals surface area contributed by atoms with E-state index in [-0.39, 0.29) is 55.6 Å². The van der Waals surface area contributed by atoms with Gasteiger partial charge in [0.15, 0.2) is 5.60 Å². The lowest BCUT2D eigenvalue weighted by atomic mass is 9.82. The van der Waals surface area contributed by atoms with Crippen molar-refractivity contribution in [3.63, 3.8) is 0 Å². The Labute approximate surface area is 330 Å². The van der Waals surface area contributed by atoms with Crippen molar-refractivity contribution in [1.82, 2.24) is 4.90 Å². The molecule has 0 saturated carbocycles. The average Bonchev–Trinajstić information content (AvgIpc) is 3.63. The molecule has 0 bridgehead atoms. The van der Waals surface area contributed by atoms with Crippen LogP contribution in [0.5, 0.6) is 0 Å². The number of hydrogen-bond donors (Lipinski definition) is 1. The first-order chi connectivity index (χ1) is 27.3. The molecule has 0 aliphatic carbocycles. The Kier molecular flexibility index (Phi) is 9.91. The molecule has 1 saturated heterocycles. The predicted octanol–water partition coefficient (Wildman–Crippen LogP) is 6.78. The Balaban J connectivity index is 1.13. The fourth-order valence-electron chi connectivity index (χ4n) is 9.40. The molecule has 14 heteroatoms. The third-order valence-electron chi connectivity index (χ3n) is 12.1. The van der Waals surface area contributed by atoms with Crippen molar-refractivity contribution in [1.29, 1.82) is 0 Å². The summed E-state index contributed by atoms with van der Waals surface area (Å²) in [6, 6.07) is 28.2. The molecule has 1 fully saturated rings. The number of benzene rings is 4. The smallest absolute Gasteiger partial charge is 0.269 e. The molecule has 8 rings (SSSR count). The number of nitro benzene ring substituents is 1. The quantitative estimate of drug-likeness (QED) is 0.0852. The molecule has 4 heterocycles. The molecule has 294 valence electrons. The molecule has 12 nitrogen and oxygen atoms in total. The molecule has 0 aromatic heterocycles. The molecule has 4 aliphatic rings. The van der Waals surface area contributed by atoms with E-state index in [0.29, 0.717) is 29.8 Å². The van der Waals surface area contributed by atoms with Gasteiger partial charge in [0.25, 0.3) is 11.6 Å². The number of rotatable bonds is 9. The standard InChI is InChI=1S/C43H44FN5O7Si/c1-27-41(57(2,3)44)38(23-40(52)46-25-31-14-8-7-13-30(31)21-34(46)26-50)56-43(27)35-22-33(49(54)55)16-18-37(35)47(42(43)53)24-28-10-9-15-32(20-28)48-39(51)19-17-36(45-48)29-11-5-4-6-12-29/h4-16,18,20,22,27,34,38,41,50H,17,19,21,23-26H2,1-3H3/t27-,34-,38+,41-,43+/m0/s1. The van der Waals surface area contributed by atoms with Gasteiger partial charge in [-0.3, -0.25) is 24.5 Å². The maximum absolute atomic E-state index is 16.6. The number of ether oxygens (including phenoxy) is 1. The lowest BCUT2D eigenvalue weighted by Gasteiger charge is -2.37. The van der Waals surface area contributed by atoms with E-state index < -0.39 is 48.4 Å². The summed E-state index contributed by atoms with van der Waals surface area (Å²) in [7, 11) is -3.69. The molecule has 4 aliphatic heterocycles. The van der Waals surface area contributed by atoms with Crippen LogP contribution in [0.2, 0.25) is 18.6 Å². The fourth-order valence-corrected chi connectivity index (χ4v) is 11.9. The molecule has 4 aromatic carbocycles. The number of anilines is 2. The summed E-state index contributed by atoms with van der Waals surface area (Å²) < 4.78 is 23.4. The lowest BCUT2D eigenvalue weighted by Crippen LogP contribution is -2.48. The van der Waals surface area contributed by atoms with Crippen LogP contribution in [-0.2, 0) is 44.2 Å². The van der Waals surface area contributed by atoms with Crippen LogP contribution in [0.25, 0.3) is 0 Å². The minimum Gasteiger partial charge on any atom is -0.394 e. The number of amides is 3. The largest absolute Gasteiger partial charge is 0.394 e. The fraction of sp³-hybridized carbons (Fsp3) is 0.349. The molecule has 0 unspecified atom stereocenters. The van der Waals surface area contributed by atoms with E-state index in [2.05, 4.69) is 0 Å². The van der Waals surface area contributed by atoms with Crippen LogP contribution in [0.4, 0.5) is 21.2 Å². The van der Waals surface area contributed by atoms with E-state index in [1.807, 2.05) is 60.7 Å². The van der Waals surface area contributed by atoms with Gasteiger partial charge in [0.2, 0.25) is 20.2 Å². The van der Waals surface area contributed by atoms with E-state index >= 15 is 8.90 Å². The lowest BCUT2D eigenvalue weighted by molar-refractivity contribution is -0.385. The van der Waals surface area contributed by atoms with Crippen LogP contribution < -0.4 is 9.91 Å². The number of aliphatic hydroxyl groups is 1. The van der Waals surface area contributed by atoms with Gasteiger partial charge in [-0.15, -0.1) is 0 Å². The van der Waals surface area contributed by atoms with Gasteiger partial charge in [0.1, 0.15) is 0 Å². The second-order valence-electron chi connectivity index (χ2n) is 15.9. The third-order valence-corrected chi connectivity index (χ3v) is 14.5. The Hall–Kier alpha value is -5.57. The summed E-state index contributed by atoms with van der Waals surface area (Å²) >= 11 is 0. The van der Waals surface area contributed by atoms with Crippen LogP contribution >= 0.6 is 0 Å². The number of hydrazone groups is 1. The highest BCUT2D eigenvalue weighted by Gasteiger charge is 2.67. The van der Waals surface area contributed by atoms with Crippen LogP contribution in [0.15, 0.2) is 102 Å². The van der Waals surface area contributed by atoms with Crippen LogP contribution in [0.3, 0.4) is 0 Å². The van der Waals surface area contributed by atoms with Gasteiger partial charge in [0.05, 0.1) is 53.7 Å². The molecule has 1 N–H and O–H groups in total. The van der Waals surface area contributed by atoms with Gasteiger partial charge < -0.3 is 23.8 Å². The number of aliphatic hydroxyl groups excluding tert-OH is 1. The molecule has 5 atom stereocenters. The van der Waals surface area contributed by atoms with E-state index in [0.717, 1.165) is 22.4 Å². The van der Waals surface area contributed by atoms with Crippen LogP contribution in [0.1, 0.15) is 54.0 Å². The zero-order valence-electron chi connectivity index (χ0n) is 32.0. The summed E-state index contributed by atoms with van der Waals surface area (Å²) in [6.07, 6.45) is -0.00117. The number of fused-ring (bicyclic) bond motifs is 3. The first kappa shape index (κ1) is 38.3. The van der Waals surface area contributed by atoms with Crippen LogP contribution in [-0.4, -0.2) is 65.5 Å². The topological polar surface area (TPSA) is 146 Å². The number of nitro groups is 1. The zero-order chi connectivity index (χ0) is 40.2. The van der Waals surface area contributed by atoms with Gasteiger partial charge in [-0.05, 0) is 60.0 Å². The Bertz CT molecular complexity index is 2300. The second kappa shape index (κ2) is 14.7. The number of carbonyl (C=O) groups is 3. The maximum atomic E-state index is 16.6. The summed E-state index contributed by atoms with van der Waals surface area (Å²) in [5.41, 5.74) is 2.64. The van der Waals surface area contributed by atoms with Crippen molar-refractivity contribution >= 4 is 48.9 Å². The highest BCUT2D eigenvalue weighted by atomic mass is 28.4. The van der Waals surface area contributed by atoms with Crippen molar-refractivity contribution in [2.75, 3.05) is 16.5 Å². The number of nitrogens with zero attached hydrogens (tertiary/aromatic N) is 5. The van der Waals surface area contributed by atoms with E-state index in [4.69, 9.17) is 9.84 Å². The number of carbonyl (C=O) groups excluding carboxylic acids is 3. The molecular formula is C43H44FN5O7Si. The van der Waals surface area contributed by atoms with E-state index in [1.54, 1.807) is 30.0 Å². The molecule has 1 spiro atoms. The molecule has 4 aromatic rings. The highest BCUT2D eigenvalue weighted by Crippen LogP contribution is 2.61. The Morgan fingerprint density at radius 3 is 2.46 bits per heavy atom. The zero-order valence-corrected chi connectivity index (χ0v) is 33.0. The van der Waals surface area contributed by atoms with Crippen molar-refractivity contribution in [3.05, 3.63) is 135 Å². The second-order valence-corrected chi connectivity index (χ2v) is 19.7. The Morgan fingerprint density at radius 1 is 1.00 bits per heavy atom. The number of hydrogen-bond acceptors (Lipinski definition) is 8. The van der Waals surface area contributed by atoms with Gasteiger partial charge in [0, 0.05) is 48.5 Å². The first-order valence-corrected chi connectivity index (χ1v) is 22.2. The summed E-state index contributed by atoms with van der Waals surface area (Å²) in [5.74, 6) is -1.80. The summed E-state index contributed by atoms with van der Waals surface area (Å²) in [5, 5.41) is 28.5. The molecule has 0 radical (unpaired) electrons. The van der Waals surface area contributed by atoms with Crippen molar-refractivity contribution < 1.29 is 33.3 Å². The van der Waals surface area contributed by atoms with Gasteiger partial charge in [-0.1, -0.05) is 73.7 Å². The minimum atomic E-state index is -3.69. The molecular weight excluding hydrogens is 746 g/mol. The van der Waals surface area contributed by atoms with Crippen molar-refractivity contribution in [3.8, 4) is 0 Å². The van der Waals surface area contributed by atoms with Crippen molar-refractivity contribution in [2.45, 2.75) is 82.1 Å². The van der Waals surface area contributed by atoms with Gasteiger partial charge in [-0.25, -0.2) is 5.01 Å². The van der Waals surface area contributed by atoms with E-state index in [1.165, 1.54) is 41.2 Å². The van der Waals surface area contributed by atoms with E-state index in [9.17, 15) is 24.8 Å². The summed E-state index contributed by atoms with van der Waals surface area (Å²) in [4.78, 5) is 57.1.